The normalized spacial score (nSPS) is 15.9. The lowest BCUT2D eigenvalue weighted by Crippen LogP contribution is -2.51. The number of carbonyl (C=O) groups is 1. The van der Waals surface area contributed by atoms with Gasteiger partial charge in [0.2, 0.25) is 22.4 Å². The first-order valence-electron chi connectivity index (χ1n) is 11.0. The van der Waals surface area contributed by atoms with Crippen molar-refractivity contribution in [2.24, 2.45) is 0 Å². The highest BCUT2D eigenvalue weighted by Gasteiger charge is 2.32. The molecule has 16 heteroatoms. The second-order valence-electron chi connectivity index (χ2n) is 7.98. The zero-order valence-electron chi connectivity index (χ0n) is 19.2. The van der Waals surface area contributed by atoms with Crippen molar-refractivity contribution in [1.82, 2.24) is 29.3 Å². The number of sulfonamides is 1. The average molecular weight is 534 g/mol. The Hall–Kier alpha value is -3.11. The number of alkyl halides is 3. The summed E-state index contributed by atoms with van der Waals surface area (Å²) in [4.78, 5) is 29.0. The Morgan fingerprint density at radius 1 is 1.11 bits per heavy atom. The number of amides is 1. The molecule has 0 bridgehead atoms. The third-order valence-corrected chi connectivity index (χ3v) is 7.33. The quantitative estimate of drug-likeness (QED) is 0.238. The summed E-state index contributed by atoms with van der Waals surface area (Å²) in [7, 11) is -3.82. The van der Waals surface area contributed by atoms with Crippen LogP contribution in [0.4, 0.5) is 19.1 Å². The number of halogens is 3. The molecule has 1 atom stereocenters. The molecule has 2 aromatic heterocycles. The average Bonchev–Trinajstić information content (AvgIpc) is 2.87. The van der Waals surface area contributed by atoms with Crippen LogP contribution in [-0.2, 0) is 21.2 Å². The first-order chi connectivity index (χ1) is 17.1. The third kappa shape index (κ3) is 8.23. The number of piperazine rings is 1. The molecule has 1 aliphatic heterocycles. The fraction of sp³-hybridized carbons (Fsp3) is 0.550. The summed E-state index contributed by atoms with van der Waals surface area (Å²) in [5.74, 6) is 0.216. The maximum atomic E-state index is 13.0. The number of anilines is 1. The predicted molar refractivity (Wildman–Crippen MR) is 120 cm³/mol. The minimum absolute atomic E-state index is 0.106. The van der Waals surface area contributed by atoms with E-state index in [1.54, 1.807) is 23.4 Å². The summed E-state index contributed by atoms with van der Waals surface area (Å²) in [6.07, 6.45) is 2.28. The minimum Gasteiger partial charge on any atom is -0.481 e. The van der Waals surface area contributed by atoms with E-state index < -0.39 is 34.6 Å². The van der Waals surface area contributed by atoms with Crippen LogP contribution in [0, 0.1) is 0 Å². The Morgan fingerprint density at radius 3 is 2.33 bits per heavy atom. The van der Waals surface area contributed by atoms with Crippen molar-refractivity contribution in [1.29, 1.82) is 0 Å². The molecule has 1 amide bonds. The van der Waals surface area contributed by atoms with Crippen LogP contribution in [0.3, 0.4) is 0 Å². The standard InChI is InChI=1S/C20H26F3N7O5S/c21-20(22,23)14-35-17-11-26-19(27-12-17)28-7-9-29(10-8-28)36(33,34)13-16(30(32)15-31)3-1-4-18-24-5-2-6-25-18/h2,5-6,11-12,15-16,32H,1,3-4,7-10,13-14H2/t16-/m0/s1. The van der Waals surface area contributed by atoms with Crippen molar-refractivity contribution >= 4 is 22.4 Å². The molecule has 0 saturated carbocycles. The van der Waals surface area contributed by atoms with Crippen molar-refractivity contribution in [3.8, 4) is 5.75 Å². The van der Waals surface area contributed by atoms with E-state index in [0.29, 0.717) is 23.7 Å². The van der Waals surface area contributed by atoms with Gasteiger partial charge in [-0.15, -0.1) is 0 Å². The van der Waals surface area contributed by atoms with Crippen LogP contribution >= 0.6 is 0 Å². The van der Waals surface area contributed by atoms with E-state index in [4.69, 9.17) is 0 Å². The van der Waals surface area contributed by atoms with Crippen LogP contribution in [0.15, 0.2) is 30.9 Å². The van der Waals surface area contributed by atoms with Gasteiger partial charge in [-0.1, -0.05) is 0 Å². The number of aromatic nitrogens is 4. The number of ether oxygens (including phenoxy) is 1. The lowest BCUT2D eigenvalue weighted by atomic mass is 10.1. The van der Waals surface area contributed by atoms with Crippen LogP contribution in [0.1, 0.15) is 18.7 Å². The smallest absolute Gasteiger partial charge is 0.422 e. The Kier molecular flexibility index (Phi) is 9.33. The SMILES string of the molecule is O=CN(O)[C@@H](CCCc1ncccn1)CS(=O)(=O)N1CCN(c2ncc(OCC(F)(F)F)cn2)CC1. The molecule has 36 heavy (non-hydrogen) atoms. The zero-order chi connectivity index (χ0) is 26.2. The van der Waals surface area contributed by atoms with Crippen LogP contribution in [0.5, 0.6) is 5.75 Å². The molecule has 0 radical (unpaired) electrons. The van der Waals surface area contributed by atoms with Gasteiger partial charge in [0.1, 0.15) is 5.82 Å². The molecular weight excluding hydrogens is 507 g/mol. The van der Waals surface area contributed by atoms with Gasteiger partial charge in [0.25, 0.3) is 0 Å². The van der Waals surface area contributed by atoms with Gasteiger partial charge in [-0.2, -0.15) is 17.5 Å². The Balaban J connectivity index is 1.52. The third-order valence-electron chi connectivity index (χ3n) is 5.37. The molecule has 2 aromatic rings. The maximum Gasteiger partial charge on any atom is 0.422 e. The topological polar surface area (TPSA) is 142 Å². The number of aryl methyl sites for hydroxylation is 1. The van der Waals surface area contributed by atoms with E-state index in [-0.39, 0.29) is 50.7 Å². The van der Waals surface area contributed by atoms with Gasteiger partial charge in [-0.05, 0) is 18.9 Å². The highest BCUT2D eigenvalue weighted by Crippen LogP contribution is 2.20. The number of nitrogens with zero attached hydrogens (tertiary/aromatic N) is 7. The second kappa shape index (κ2) is 12.2. The van der Waals surface area contributed by atoms with E-state index in [0.717, 1.165) is 12.4 Å². The highest BCUT2D eigenvalue weighted by molar-refractivity contribution is 7.89. The molecule has 1 saturated heterocycles. The Morgan fingerprint density at radius 2 is 1.75 bits per heavy atom. The van der Waals surface area contributed by atoms with Crippen LogP contribution < -0.4 is 9.64 Å². The lowest BCUT2D eigenvalue weighted by molar-refractivity contribution is -0.158. The summed E-state index contributed by atoms with van der Waals surface area (Å²) >= 11 is 0. The summed E-state index contributed by atoms with van der Waals surface area (Å²) in [6, 6.07) is 0.733. The van der Waals surface area contributed by atoms with Crippen molar-refractivity contribution in [3.63, 3.8) is 0 Å². The van der Waals surface area contributed by atoms with Gasteiger partial charge in [0.15, 0.2) is 12.4 Å². The van der Waals surface area contributed by atoms with E-state index >= 15 is 0 Å². The molecule has 3 rings (SSSR count). The number of rotatable bonds is 12. The fourth-order valence-corrected chi connectivity index (χ4v) is 5.30. The fourth-order valence-electron chi connectivity index (χ4n) is 3.56. The molecule has 1 aliphatic rings. The summed E-state index contributed by atoms with van der Waals surface area (Å²) in [5, 5.41) is 10.3. The molecule has 0 aliphatic carbocycles. The van der Waals surface area contributed by atoms with Crippen LogP contribution in [0.25, 0.3) is 0 Å². The van der Waals surface area contributed by atoms with Gasteiger partial charge in [0.05, 0.1) is 24.2 Å². The number of hydrogen-bond acceptors (Lipinski definition) is 10. The molecule has 0 unspecified atom stereocenters. The van der Waals surface area contributed by atoms with Gasteiger partial charge < -0.3 is 9.64 Å². The Labute approximate surface area is 205 Å². The van der Waals surface area contributed by atoms with E-state index in [1.165, 1.54) is 4.31 Å². The van der Waals surface area contributed by atoms with Crippen LogP contribution in [-0.4, -0.2) is 100 Å². The molecule has 198 valence electrons. The molecule has 3 heterocycles. The highest BCUT2D eigenvalue weighted by atomic mass is 32.2. The second-order valence-corrected chi connectivity index (χ2v) is 10.00. The van der Waals surface area contributed by atoms with Crippen molar-refractivity contribution in [2.75, 3.05) is 43.4 Å². The van der Waals surface area contributed by atoms with E-state index in [1.807, 2.05) is 0 Å². The molecule has 1 N–H and O–H groups in total. The van der Waals surface area contributed by atoms with Gasteiger partial charge in [-0.3, -0.25) is 10.0 Å². The number of hydrogen-bond donors (Lipinski definition) is 1. The molecular formula is C20H26F3N7O5S. The van der Waals surface area contributed by atoms with Crippen molar-refractivity contribution in [3.05, 3.63) is 36.7 Å². The van der Waals surface area contributed by atoms with Gasteiger partial charge in [-0.25, -0.2) is 33.4 Å². The predicted octanol–water partition coefficient (Wildman–Crippen LogP) is 0.899. The number of carbonyl (C=O) groups excluding carboxylic acids is 1. The molecule has 0 spiro atoms. The lowest BCUT2D eigenvalue weighted by Gasteiger charge is -2.35. The van der Waals surface area contributed by atoms with E-state index in [9.17, 15) is 31.6 Å². The largest absolute Gasteiger partial charge is 0.481 e. The molecule has 1 fully saturated rings. The minimum atomic E-state index is -4.48. The Bertz CT molecular complexity index is 1070. The molecule has 12 nitrogen and oxygen atoms in total. The van der Waals surface area contributed by atoms with E-state index in [2.05, 4.69) is 24.7 Å². The first kappa shape index (κ1) is 27.5. The van der Waals surface area contributed by atoms with Gasteiger partial charge in [0, 0.05) is 45.0 Å². The monoisotopic (exact) mass is 533 g/mol. The van der Waals surface area contributed by atoms with Crippen molar-refractivity contribution in [2.45, 2.75) is 31.5 Å². The number of hydroxylamine groups is 2. The summed E-state index contributed by atoms with van der Waals surface area (Å²) in [5.41, 5.74) is 0. The van der Waals surface area contributed by atoms with Gasteiger partial charge >= 0.3 is 6.18 Å². The first-order valence-corrected chi connectivity index (χ1v) is 12.6. The molecule has 0 aromatic carbocycles. The maximum absolute atomic E-state index is 13.0. The summed E-state index contributed by atoms with van der Waals surface area (Å²) in [6.45, 7) is -0.754. The summed E-state index contributed by atoms with van der Waals surface area (Å²) < 4.78 is 68.6. The van der Waals surface area contributed by atoms with Crippen LogP contribution in [0.2, 0.25) is 0 Å². The van der Waals surface area contributed by atoms with Crippen molar-refractivity contribution < 1.29 is 36.3 Å². The zero-order valence-corrected chi connectivity index (χ0v) is 20.0.